The third-order valence-electron chi connectivity index (χ3n) is 10.8. The molecule has 0 amide bonds. The van der Waals surface area contributed by atoms with Crippen LogP contribution in [-0.2, 0) is 5.41 Å². The van der Waals surface area contributed by atoms with Gasteiger partial charge >= 0.3 is 0 Å². The molecule has 0 spiro atoms. The minimum Gasteiger partial charge on any atom is -0.455 e. The van der Waals surface area contributed by atoms with Gasteiger partial charge in [-0.3, -0.25) is 0 Å². The second-order valence-corrected chi connectivity index (χ2v) is 14.1. The molecule has 1 aromatic heterocycles. The third kappa shape index (κ3) is 4.50. The topological polar surface area (TPSA) is 16.4 Å². The zero-order valence-electron chi connectivity index (χ0n) is 28.6. The molecule has 0 fully saturated rings. The van der Waals surface area contributed by atoms with E-state index in [2.05, 4.69) is 189 Å². The van der Waals surface area contributed by atoms with Crippen molar-refractivity contribution >= 4 is 49.8 Å². The van der Waals surface area contributed by atoms with E-state index in [9.17, 15) is 0 Å². The van der Waals surface area contributed by atoms with Crippen LogP contribution < -0.4 is 4.90 Å². The van der Waals surface area contributed by atoms with Gasteiger partial charge in [0.25, 0.3) is 0 Å². The number of anilines is 3. The van der Waals surface area contributed by atoms with Gasteiger partial charge in [-0.1, -0.05) is 147 Å². The summed E-state index contributed by atoms with van der Waals surface area (Å²) in [5.41, 5.74) is 15.0. The molecule has 0 atom stereocenters. The molecule has 10 rings (SSSR count). The Bertz CT molecular complexity index is 2720. The van der Waals surface area contributed by atoms with Gasteiger partial charge in [-0.15, -0.1) is 0 Å². The highest BCUT2D eigenvalue weighted by molar-refractivity contribution is 6.13. The normalized spacial score (nSPS) is 13.1. The van der Waals surface area contributed by atoms with Crippen molar-refractivity contribution in [2.75, 3.05) is 4.90 Å². The monoisotopic (exact) mass is 653 g/mol. The minimum atomic E-state index is -0.249. The molecule has 0 saturated heterocycles. The Morgan fingerprint density at radius 1 is 0.451 bits per heavy atom. The second-order valence-electron chi connectivity index (χ2n) is 14.1. The SMILES string of the molecule is CC1(C)c2c(-c3cccc4c3oc3ccccc34)cccc2-c2c(-c3ccc(N(c4ccccc4)c4ccccc4)cc3)ccc3cccc1c23. The summed E-state index contributed by atoms with van der Waals surface area (Å²) in [6.45, 7) is 4.77. The first-order valence-electron chi connectivity index (χ1n) is 17.7. The Morgan fingerprint density at radius 3 is 1.82 bits per heavy atom. The zero-order valence-corrected chi connectivity index (χ0v) is 28.6. The lowest BCUT2D eigenvalue weighted by molar-refractivity contribution is 0.646. The van der Waals surface area contributed by atoms with Crippen LogP contribution in [0, 0.1) is 0 Å². The fourth-order valence-corrected chi connectivity index (χ4v) is 8.56. The molecule has 1 aliphatic carbocycles. The van der Waals surface area contributed by atoms with Gasteiger partial charge in [0.1, 0.15) is 11.2 Å². The maximum Gasteiger partial charge on any atom is 0.143 e. The van der Waals surface area contributed by atoms with Crippen LogP contribution >= 0.6 is 0 Å². The molecule has 1 heterocycles. The molecular weight excluding hydrogens is 619 g/mol. The van der Waals surface area contributed by atoms with Crippen LogP contribution in [-0.4, -0.2) is 0 Å². The highest BCUT2D eigenvalue weighted by Crippen LogP contribution is 2.55. The second kappa shape index (κ2) is 11.3. The summed E-state index contributed by atoms with van der Waals surface area (Å²) in [7, 11) is 0. The first kappa shape index (κ1) is 29.5. The minimum absolute atomic E-state index is 0.249. The molecule has 2 heteroatoms. The van der Waals surface area contributed by atoms with E-state index in [0.717, 1.165) is 44.6 Å². The summed E-state index contributed by atoms with van der Waals surface area (Å²) in [6.07, 6.45) is 0. The molecule has 51 heavy (non-hydrogen) atoms. The van der Waals surface area contributed by atoms with Crippen LogP contribution in [0.5, 0.6) is 0 Å². The first-order valence-corrected chi connectivity index (χ1v) is 17.7. The zero-order chi connectivity index (χ0) is 34.1. The third-order valence-corrected chi connectivity index (χ3v) is 10.8. The molecule has 1 aliphatic rings. The van der Waals surface area contributed by atoms with Crippen molar-refractivity contribution < 1.29 is 4.42 Å². The van der Waals surface area contributed by atoms with Crippen LogP contribution in [0.3, 0.4) is 0 Å². The van der Waals surface area contributed by atoms with E-state index in [1.54, 1.807) is 0 Å². The van der Waals surface area contributed by atoms with Crippen molar-refractivity contribution in [3.05, 3.63) is 187 Å². The van der Waals surface area contributed by atoms with Crippen molar-refractivity contribution in [2.45, 2.75) is 19.3 Å². The van der Waals surface area contributed by atoms with Crippen LogP contribution in [0.4, 0.5) is 17.1 Å². The summed E-state index contributed by atoms with van der Waals surface area (Å²) in [5, 5.41) is 4.91. The fraction of sp³-hybridized carbons (Fsp3) is 0.0612. The largest absolute Gasteiger partial charge is 0.455 e. The maximum absolute atomic E-state index is 6.61. The Labute approximate surface area is 297 Å². The molecule has 2 nitrogen and oxygen atoms in total. The van der Waals surface area contributed by atoms with Crippen LogP contribution in [0.15, 0.2) is 180 Å². The number of furan rings is 1. The van der Waals surface area contributed by atoms with Crippen LogP contribution in [0.2, 0.25) is 0 Å². The van der Waals surface area contributed by atoms with Crippen LogP contribution in [0.25, 0.3) is 66.1 Å². The Hall–Kier alpha value is -6.38. The molecule has 0 bridgehead atoms. The van der Waals surface area contributed by atoms with Gasteiger partial charge in [-0.25, -0.2) is 0 Å². The predicted molar refractivity (Wildman–Crippen MR) is 214 cm³/mol. The molecule has 0 radical (unpaired) electrons. The standard InChI is InChI=1S/C49H35NO/c1-49(2)43-24-11-14-33-28-31-37(32-26-29-36(30-27-32)50(34-15-5-3-6-16-34)35-17-7-4-8-18-35)46(45(33)43)42-23-12-20-39(47(42)49)41-22-13-21-40-38-19-9-10-25-44(38)51-48(40)41/h3-31H,1-2H3. The van der Waals surface area contributed by atoms with Crippen molar-refractivity contribution in [1.29, 1.82) is 0 Å². The number of nitrogens with zero attached hydrogens (tertiary/aromatic N) is 1. The van der Waals surface area contributed by atoms with Gasteiger partial charge in [0.05, 0.1) is 0 Å². The number of benzene rings is 8. The molecule has 0 saturated carbocycles. The average molecular weight is 654 g/mol. The molecule has 0 aliphatic heterocycles. The summed E-state index contributed by atoms with van der Waals surface area (Å²) in [6, 6.07) is 63.4. The lowest BCUT2D eigenvalue weighted by atomic mass is 9.65. The van der Waals surface area contributed by atoms with Gasteiger partial charge in [-0.2, -0.15) is 0 Å². The Kier molecular flexibility index (Phi) is 6.56. The Balaban J connectivity index is 1.19. The quantitative estimate of drug-likeness (QED) is 0.184. The maximum atomic E-state index is 6.61. The summed E-state index contributed by atoms with van der Waals surface area (Å²) in [5.74, 6) is 0. The average Bonchev–Trinajstić information content (AvgIpc) is 3.57. The summed E-state index contributed by atoms with van der Waals surface area (Å²) >= 11 is 0. The highest BCUT2D eigenvalue weighted by atomic mass is 16.3. The van der Waals surface area contributed by atoms with E-state index >= 15 is 0 Å². The Morgan fingerprint density at radius 2 is 1.06 bits per heavy atom. The van der Waals surface area contributed by atoms with Gasteiger partial charge in [0.2, 0.25) is 0 Å². The van der Waals surface area contributed by atoms with E-state index in [0.29, 0.717) is 0 Å². The lowest BCUT2D eigenvalue weighted by Crippen LogP contribution is -2.25. The summed E-state index contributed by atoms with van der Waals surface area (Å²) in [4.78, 5) is 2.31. The van der Waals surface area contributed by atoms with E-state index in [-0.39, 0.29) is 5.41 Å². The van der Waals surface area contributed by atoms with Gasteiger partial charge in [-0.05, 0) is 92.2 Å². The number of para-hydroxylation sites is 4. The van der Waals surface area contributed by atoms with E-state index < -0.39 is 0 Å². The first-order chi connectivity index (χ1) is 25.1. The fourth-order valence-electron chi connectivity index (χ4n) is 8.56. The van der Waals surface area contributed by atoms with Crippen LogP contribution in [0.1, 0.15) is 25.0 Å². The smallest absolute Gasteiger partial charge is 0.143 e. The van der Waals surface area contributed by atoms with E-state index in [1.165, 1.54) is 49.7 Å². The van der Waals surface area contributed by atoms with E-state index in [4.69, 9.17) is 4.42 Å². The predicted octanol–water partition coefficient (Wildman–Crippen LogP) is 13.8. The van der Waals surface area contributed by atoms with Crippen molar-refractivity contribution in [1.82, 2.24) is 0 Å². The molecule has 8 aromatic carbocycles. The van der Waals surface area contributed by atoms with Gasteiger partial charge in [0, 0.05) is 38.8 Å². The van der Waals surface area contributed by atoms with E-state index in [1.807, 2.05) is 6.07 Å². The molecular formula is C49H35NO. The number of hydrogen-bond acceptors (Lipinski definition) is 2. The van der Waals surface area contributed by atoms with Crippen molar-refractivity contribution in [3.8, 4) is 33.4 Å². The molecule has 0 N–H and O–H groups in total. The lowest BCUT2D eigenvalue weighted by Gasteiger charge is -2.38. The number of hydrogen-bond donors (Lipinski definition) is 0. The molecule has 242 valence electrons. The molecule has 0 unspecified atom stereocenters. The van der Waals surface area contributed by atoms with Gasteiger partial charge < -0.3 is 9.32 Å². The highest BCUT2D eigenvalue weighted by Gasteiger charge is 2.37. The van der Waals surface area contributed by atoms with Crippen molar-refractivity contribution in [3.63, 3.8) is 0 Å². The molecule has 9 aromatic rings. The summed E-state index contributed by atoms with van der Waals surface area (Å²) < 4.78 is 6.61. The number of fused-ring (bicyclic) bond motifs is 5. The van der Waals surface area contributed by atoms with Crippen molar-refractivity contribution in [2.24, 2.45) is 0 Å². The number of rotatable bonds is 5. The van der Waals surface area contributed by atoms with Gasteiger partial charge in [0.15, 0.2) is 0 Å².